The molecular formula is C18H17BrN2O2. The molecule has 0 bridgehead atoms. The third-order valence-corrected chi connectivity index (χ3v) is 4.38. The molecule has 118 valence electrons. The van der Waals surface area contributed by atoms with E-state index in [1.54, 1.807) is 4.90 Å². The zero-order valence-electron chi connectivity index (χ0n) is 12.6. The Morgan fingerprint density at radius 2 is 1.91 bits per heavy atom. The van der Waals surface area contributed by atoms with Gasteiger partial charge >= 0.3 is 0 Å². The number of hydrogen-bond donors (Lipinski definition) is 1. The van der Waals surface area contributed by atoms with Gasteiger partial charge in [-0.1, -0.05) is 46.3 Å². The predicted octanol–water partition coefficient (Wildman–Crippen LogP) is 2.70. The minimum atomic E-state index is -0.139. The molecule has 0 saturated carbocycles. The molecule has 0 aromatic heterocycles. The number of benzene rings is 2. The Hall–Kier alpha value is -2.14. The summed E-state index contributed by atoms with van der Waals surface area (Å²) in [6, 6.07) is 15.4. The van der Waals surface area contributed by atoms with Crippen LogP contribution in [0.4, 0.5) is 5.69 Å². The largest absolute Gasteiger partial charge is 0.347 e. The van der Waals surface area contributed by atoms with E-state index in [1.807, 2.05) is 48.5 Å². The number of halogens is 1. The highest BCUT2D eigenvalue weighted by atomic mass is 79.9. The smallest absolute Gasteiger partial charge is 0.246 e. The van der Waals surface area contributed by atoms with E-state index < -0.39 is 0 Å². The van der Waals surface area contributed by atoms with E-state index in [9.17, 15) is 9.59 Å². The van der Waals surface area contributed by atoms with Gasteiger partial charge in [-0.05, 0) is 35.7 Å². The van der Waals surface area contributed by atoms with Crippen LogP contribution >= 0.6 is 15.9 Å². The average Bonchev–Trinajstić information content (AvgIpc) is 2.96. The molecule has 2 aromatic carbocycles. The lowest BCUT2D eigenvalue weighted by Gasteiger charge is -2.17. The maximum atomic E-state index is 12.3. The average molecular weight is 373 g/mol. The monoisotopic (exact) mass is 372 g/mol. The molecule has 0 unspecified atom stereocenters. The maximum absolute atomic E-state index is 12.3. The third kappa shape index (κ3) is 3.79. The van der Waals surface area contributed by atoms with Gasteiger partial charge in [-0.25, -0.2) is 0 Å². The first-order valence-corrected chi connectivity index (χ1v) is 8.32. The number of carbonyl (C=O) groups is 2. The van der Waals surface area contributed by atoms with Crippen LogP contribution < -0.4 is 10.2 Å². The summed E-state index contributed by atoms with van der Waals surface area (Å²) in [6.45, 7) is 0.695. The highest BCUT2D eigenvalue weighted by Gasteiger charge is 2.24. The summed E-state index contributed by atoms with van der Waals surface area (Å²) in [5.74, 6) is -0.215. The fraction of sp³-hybridized carbons (Fsp3) is 0.222. The van der Waals surface area contributed by atoms with Crippen molar-refractivity contribution in [3.63, 3.8) is 0 Å². The lowest BCUT2D eigenvalue weighted by atomic mass is 10.1. The van der Waals surface area contributed by atoms with E-state index >= 15 is 0 Å². The summed E-state index contributed by atoms with van der Waals surface area (Å²) in [6.07, 6.45) is 1.14. The van der Waals surface area contributed by atoms with Crippen molar-refractivity contribution in [3.8, 4) is 0 Å². The number of nitrogens with one attached hydrogen (secondary N) is 1. The van der Waals surface area contributed by atoms with Crippen LogP contribution in [0.2, 0.25) is 0 Å². The first-order valence-electron chi connectivity index (χ1n) is 7.53. The second-order valence-corrected chi connectivity index (χ2v) is 6.42. The minimum absolute atomic E-state index is 0.0289. The summed E-state index contributed by atoms with van der Waals surface area (Å²) >= 11 is 3.44. The first kappa shape index (κ1) is 15.7. The van der Waals surface area contributed by atoms with Crippen molar-refractivity contribution in [2.24, 2.45) is 0 Å². The van der Waals surface area contributed by atoms with Gasteiger partial charge in [0.25, 0.3) is 0 Å². The first-order chi connectivity index (χ1) is 11.1. The molecule has 0 radical (unpaired) electrons. The Morgan fingerprint density at radius 3 is 2.70 bits per heavy atom. The van der Waals surface area contributed by atoms with E-state index in [2.05, 4.69) is 21.2 Å². The van der Waals surface area contributed by atoms with Crippen LogP contribution in [0.15, 0.2) is 53.0 Å². The molecule has 2 amide bonds. The molecule has 4 nitrogen and oxygen atoms in total. The second kappa shape index (κ2) is 6.96. The van der Waals surface area contributed by atoms with E-state index in [0.717, 1.165) is 27.7 Å². The molecule has 2 aromatic rings. The molecule has 1 heterocycles. The summed E-state index contributed by atoms with van der Waals surface area (Å²) in [4.78, 5) is 26.0. The van der Waals surface area contributed by atoms with Crippen LogP contribution in [0.5, 0.6) is 0 Å². The van der Waals surface area contributed by atoms with Crippen molar-refractivity contribution in [3.05, 3.63) is 64.1 Å². The quantitative estimate of drug-likeness (QED) is 0.896. The summed E-state index contributed by atoms with van der Waals surface area (Å²) < 4.78 is 1.02. The van der Waals surface area contributed by atoms with Crippen molar-refractivity contribution in [1.82, 2.24) is 5.32 Å². The summed E-state index contributed by atoms with van der Waals surface area (Å²) in [5, 5.41) is 2.71. The van der Waals surface area contributed by atoms with Crippen molar-refractivity contribution in [2.75, 3.05) is 18.0 Å². The van der Waals surface area contributed by atoms with Gasteiger partial charge in [-0.3, -0.25) is 9.59 Å². The lowest BCUT2D eigenvalue weighted by Crippen LogP contribution is -2.39. The lowest BCUT2D eigenvalue weighted by molar-refractivity contribution is -0.124. The number of amides is 2. The molecule has 0 saturated heterocycles. The number of hydrogen-bond acceptors (Lipinski definition) is 2. The van der Waals surface area contributed by atoms with Crippen LogP contribution in [0.3, 0.4) is 0 Å². The molecule has 1 aliphatic rings. The fourth-order valence-electron chi connectivity index (χ4n) is 2.74. The minimum Gasteiger partial charge on any atom is -0.347 e. The molecule has 0 aliphatic carbocycles. The zero-order valence-corrected chi connectivity index (χ0v) is 14.2. The maximum Gasteiger partial charge on any atom is 0.246 e. The second-order valence-electron chi connectivity index (χ2n) is 5.51. The number of nitrogens with zero attached hydrogens (tertiary/aromatic N) is 1. The molecule has 3 rings (SSSR count). The van der Waals surface area contributed by atoms with Gasteiger partial charge in [-0.15, -0.1) is 0 Å². The number of rotatable bonds is 4. The number of anilines is 1. The Balaban J connectivity index is 1.56. The van der Waals surface area contributed by atoms with E-state index in [0.29, 0.717) is 6.54 Å². The Kier molecular flexibility index (Phi) is 4.76. The highest BCUT2D eigenvalue weighted by Crippen LogP contribution is 2.30. The standard InChI is InChI=1S/C18H17BrN2O2/c19-15-6-7-16-14(11-15)8-9-21(16)18(23)12-20-17(22)10-13-4-2-1-3-5-13/h1-7,11H,8-10,12H2,(H,20,22). The topological polar surface area (TPSA) is 49.4 Å². The molecule has 0 spiro atoms. The molecular weight excluding hydrogens is 356 g/mol. The van der Waals surface area contributed by atoms with E-state index in [4.69, 9.17) is 0 Å². The van der Waals surface area contributed by atoms with Gasteiger partial charge in [0.1, 0.15) is 0 Å². The van der Waals surface area contributed by atoms with Gasteiger partial charge in [0.15, 0.2) is 0 Å². The van der Waals surface area contributed by atoms with Crippen LogP contribution in [0, 0.1) is 0 Å². The van der Waals surface area contributed by atoms with Gasteiger partial charge in [0.2, 0.25) is 11.8 Å². The Labute approximate surface area is 143 Å². The molecule has 0 atom stereocenters. The van der Waals surface area contributed by atoms with Crippen LogP contribution in [0.1, 0.15) is 11.1 Å². The highest BCUT2D eigenvalue weighted by molar-refractivity contribution is 9.10. The Morgan fingerprint density at radius 1 is 1.13 bits per heavy atom. The summed E-state index contributed by atoms with van der Waals surface area (Å²) in [5.41, 5.74) is 3.03. The molecule has 1 aliphatic heterocycles. The molecule has 23 heavy (non-hydrogen) atoms. The molecule has 1 N–H and O–H groups in total. The SMILES string of the molecule is O=C(Cc1ccccc1)NCC(=O)N1CCc2cc(Br)ccc21. The van der Waals surface area contributed by atoms with Crippen molar-refractivity contribution < 1.29 is 9.59 Å². The van der Waals surface area contributed by atoms with Gasteiger partial charge in [0, 0.05) is 16.7 Å². The van der Waals surface area contributed by atoms with E-state index in [-0.39, 0.29) is 24.8 Å². The van der Waals surface area contributed by atoms with Crippen LogP contribution in [-0.4, -0.2) is 24.9 Å². The van der Waals surface area contributed by atoms with Gasteiger partial charge in [0.05, 0.1) is 13.0 Å². The third-order valence-electron chi connectivity index (χ3n) is 3.88. The molecule has 0 fully saturated rings. The van der Waals surface area contributed by atoms with Crippen molar-refractivity contribution >= 4 is 33.4 Å². The Bertz CT molecular complexity index is 731. The van der Waals surface area contributed by atoms with Crippen LogP contribution in [0.25, 0.3) is 0 Å². The van der Waals surface area contributed by atoms with E-state index in [1.165, 1.54) is 0 Å². The predicted molar refractivity (Wildman–Crippen MR) is 93.4 cm³/mol. The van der Waals surface area contributed by atoms with Crippen LogP contribution in [-0.2, 0) is 22.4 Å². The van der Waals surface area contributed by atoms with Crippen molar-refractivity contribution in [1.29, 1.82) is 0 Å². The van der Waals surface area contributed by atoms with Crippen molar-refractivity contribution in [2.45, 2.75) is 12.8 Å². The number of fused-ring (bicyclic) bond motifs is 1. The number of carbonyl (C=O) groups excluding carboxylic acids is 2. The molecule has 5 heteroatoms. The zero-order chi connectivity index (χ0) is 16.2. The van der Waals surface area contributed by atoms with Gasteiger partial charge in [-0.2, -0.15) is 0 Å². The summed E-state index contributed by atoms with van der Waals surface area (Å²) in [7, 11) is 0. The fourth-order valence-corrected chi connectivity index (χ4v) is 3.15. The van der Waals surface area contributed by atoms with Gasteiger partial charge < -0.3 is 10.2 Å². The normalized spacial score (nSPS) is 12.8.